The lowest BCUT2D eigenvalue weighted by Crippen LogP contribution is -2.39. The molecule has 3 atom stereocenters. The summed E-state index contributed by atoms with van der Waals surface area (Å²) in [6.45, 7) is 4.12. The fourth-order valence-electron chi connectivity index (χ4n) is 3.75. The molecule has 0 aliphatic carbocycles. The van der Waals surface area contributed by atoms with Crippen LogP contribution in [0.3, 0.4) is 0 Å². The highest BCUT2D eigenvalue weighted by atomic mass is 16.5. The van der Waals surface area contributed by atoms with Crippen molar-refractivity contribution in [1.29, 1.82) is 0 Å². The van der Waals surface area contributed by atoms with E-state index < -0.39 is 0 Å². The Labute approximate surface area is 152 Å². The number of methoxy groups -OCH3 is 1. The highest BCUT2D eigenvalue weighted by Crippen LogP contribution is 2.19. The molecule has 24 heavy (non-hydrogen) atoms. The van der Waals surface area contributed by atoms with Gasteiger partial charge in [-0.2, -0.15) is 0 Å². The van der Waals surface area contributed by atoms with Gasteiger partial charge in [0.2, 0.25) is 0 Å². The van der Waals surface area contributed by atoms with Crippen LogP contribution in [0.15, 0.2) is 0 Å². The first-order chi connectivity index (χ1) is 11.8. The number of nitrogens with one attached hydrogen (secondary N) is 1. The van der Waals surface area contributed by atoms with Gasteiger partial charge < -0.3 is 14.8 Å². The molecule has 0 amide bonds. The van der Waals surface area contributed by atoms with E-state index >= 15 is 0 Å². The predicted molar refractivity (Wildman–Crippen MR) is 107 cm³/mol. The van der Waals surface area contributed by atoms with Crippen molar-refractivity contribution in [3.8, 4) is 0 Å². The van der Waals surface area contributed by atoms with Crippen molar-refractivity contribution in [3.63, 3.8) is 0 Å². The maximum absolute atomic E-state index is 5.89. The molecule has 1 heterocycles. The number of rotatable bonds is 16. The minimum atomic E-state index is 0.238. The van der Waals surface area contributed by atoms with Crippen LogP contribution >= 0.6 is 0 Å². The average Bonchev–Trinajstić information content (AvgIpc) is 2.92. The predicted octanol–water partition coefficient (Wildman–Crippen LogP) is 4.04. The Morgan fingerprint density at radius 1 is 0.917 bits per heavy atom. The van der Waals surface area contributed by atoms with E-state index in [0.29, 0.717) is 18.7 Å². The molecule has 0 spiro atoms. The normalized spacial score (nSPS) is 23.8. The third-order valence-electron chi connectivity index (χ3n) is 5.21. The van der Waals surface area contributed by atoms with Gasteiger partial charge in [0.1, 0.15) is 7.85 Å². The summed E-state index contributed by atoms with van der Waals surface area (Å²) in [6.07, 6.45) is 18.3. The molecule has 0 aromatic carbocycles. The molecule has 0 saturated carbocycles. The molecule has 0 bridgehead atoms. The van der Waals surface area contributed by atoms with E-state index in [1.54, 1.807) is 7.11 Å². The van der Waals surface area contributed by atoms with Gasteiger partial charge in [0.05, 0.1) is 12.7 Å². The van der Waals surface area contributed by atoms with Crippen LogP contribution in [-0.2, 0) is 9.47 Å². The van der Waals surface area contributed by atoms with E-state index in [1.807, 2.05) is 0 Å². The Bertz CT molecular complexity index is 278. The van der Waals surface area contributed by atoms with Crippen molar-refractivity contribution in [2.24, 2.45) is 0 Å². The van der Waals surface area contributed by atoms with E-state index in [-0.39, 0.29) is 6.10 Å². The quantitative estimate of drug-likeness (QED) is 0.340. The molecule has 142 valence electrons. The van der Waals surface area contributed by atoms with Crippen molar-refractivity contribution in [1.82, 2.24) is 5.32 Å². The van der Waals surface area contributed by atoms with Gasteiger partial charge in [0, 0.05) is 19.2 Å². The smallest absolute Gasteiger partial charge is 0.139 e. The summed E-state index contributed by atoms with van der Waals surface area (Å²) >= 11 is 0. The van der Waals surface area contributed by atoms with E-state index in [0.717, 1.165) is 13.0 Å². The van der Waals surface area contributed by atoms with Crippen LogP contribution in [0.2, 0.25) is 0 Å². The maximum atomic E-state index is 5.89. The Hall–Kier alpha value is -0.0551. The van der Waals surface area contributed by atoms with Gasteiger partial charge in [0.25, 0.3) is 0 Å². The Morgan fingerprint density at radius 3 is 2.00 bits per heavy atom. The summed E-state index contributed by atoms with van der Waals surface area (Å²) in [7, 11) is 3.92. The van der Waals surface area contributed by atoms with E-state index in [2.05, 4.69) is 20.1 Å². The molecule has 0 aromatic heterocycles. The second-order valence-electron chi connectivity index (χ2n) is 7.63. The van der Waals surface area contributed by atoms with E-state index in [9.17, 15) is 0 Å². The van der Waals surface area contributed by atoms with Crippen LogP contribution < -0.4 is 5.32 Å². The first-order valence-electron chi connectivity index (χ1n) is 10.7. The molecule has 3 nitrogen and oxygen atoms in total. The Kier molecular flexibility index (Phi) is 13.9. The van der Waals surface area contributed by atoms with Crippen molar-refractivity contribution in [3.05, 3.63) is 0 Å². The number of hydrogen-bond acceptors (Lipinski definition) is 3. The molecule has 1 fully saturated rings. The SMILES string of the molecule is B[C@H]1C[C@@H](NCCCCCCCCCCCCCC)C(COC)O1. The first kappa shape index (κ1) is 22.0. The van der Waals surface area contributed by atoms with Crippen molar-refractivity contribution >= 4 is 7.85 Å². The average molecular weight is 339 g/mol. The first-order valence-corrected chi connectivity index (χ1v) is 10.7. The summed E-state index contributed by atoms with van der Waals surface area (Å²) in [6, 6.07) is 0.845. The van der Waals surface area contributed by atoms with Gasteiger partial charge in [-0.3, -0.25) is 0 Å². The lowest BCUT2D eigenvalue weighted by Gasteiger charge is -2.19. The standard InChI is InChI=1S/C20H42BNO2/c1-3-4-5-6-7-8-9-10-11-12-13-14-15-22-18-16-20(21)24-19(18)17-23-2/h18-20,22H,3-17,21H2,1-2H3/t18-,19?,20-/m1/s1. The zero-order valence-corrected chi connectivity index (χ0v) is 16.7. The topological polar surface area (TPSA) is 30.5 Å². The number of unbranched alkanes of at least 4 members (excludes halogenated alkanes) is 11. The molecule has 1 unspecified atom stereocenters. The minimum Gasteiger partial charge on any atom is -0.382 e. The molecule has 0 radical (unpaired) electrons. The molecule has 1 N–H and O–H groups in total. The number of ether oxygens (including phenoxy) is 2. The van der Waals surface area contributed by atoms with Gasteiger partial charge in [-0.05, 0) is 19.4 Å². The summed E-state index contributed by atoms with van der Waals surface area (Å²) < 4.78 is 11.1. The third-order valence-corrected chi connectivity index (χ3v) is 5.21. The van der Waals surface area contributed by atoms with Crippen molar-refractivity contribution in [2.45, 2.75) is 109 Å². The summed E-state index contributed by atoms with van der Waals surface area (Å²) in [5.74, 6) is 0. The highest BCUT2D eigenvalue weighted by molar-refractivity contribution is 6.11. The van der Waals surface area contributed by atoms with Crippen molar-refractivity contribution < 1.29 is 9.47 Å². The van der Waals surface area contributed by atoms with Crippen LogP contribution in [0, 0.1) is 0 Å². The molecule has 4 heteroatoms. The Balaban J connectivity index is 1.83. The highest BCUT2D eigenvalue weighted by Gasteiger charge is 2.31. The van der Waals surface area contributed by atoms with Gasteiger partial charge in [0.15, 0.2) is 0 Å². The molecule has 1 saturated heterocycles. The molecule has 1 aliphatic rings. The minimum absolute atomic E-state index is 0.238. The molecular formula is C20H42BNO2. The van der Waals surface area contributed by atoms with Crippen LogP contribution in [0.4, 0.5) is 0 Å². The second-order valence-corrected chi connectivity index (χ2v) is 7.63. The summed E-state index contributed by atoms with van der Waals surface area (Å²) in [5.41, 5.74) is 0. The van der Waals surface area contributed by atoms with Crippen LogP contribution in [0.25, 0.3) is 0 Å². The molecular weight excluding hydrogens is 297 g/mol. The monoisotopic (exact) mass is 339 g/mol. The zero-order valence-electron chi connectivity index (χ0n) is 16.7. The lowest BCUT2D eigenvalue weighted by atomic mass is 9.95. The second kappa shape index (κ2) is 15.2. The summed E-state index contributed by atoms with van der Waals surface area (Å²) in [5, 5.41) is 3.68. The largest absolute Gasteiger partial charge is 0.382 e. The van der Waals surface area contributed by atoms with Crippen LogP contribution in [0.1, 0.15) is 90.4 Å². The Morgan fingerprint density at radius 2 is 1.46 bits per heavy atom. The van der Waals surface area contributed by atoms with Gasteiger partial charge in [-0.15, -0.1) is 0 Å². The zero-order chi connectivity index (χ0) is 17.5. The fraction of sp³-hybridized carbons (Fsp3) is 1.00. The maximum Gasteiger partial charge on any atom is 0.139 e. The van der Waals surface area contributed by atoms with Crippen LogP contribution in [-0.4, -0.2) is 46.3 Å². The van der Waals surface area contributed by atoms with E-state index in [4.69, 9.17) is 9.47 Å². The molecule has 1 aliphatic heterocycles. The summed E-state index contributed by atoms with van der Waals surface area (Å²) in [4.78, 5) is 0. The molecule has 0 aromatic rings. The van der Waals surface area contributed by atoms with Gasteiger partial charge in [-0.1, -0.05) is 77.6 Å². The van der Waals surface area contributed by atoms with Gasteiger partial charge in [-0.25, -0.2) is 0 Å². The van der Waals surface area contributed by atoms with Crippen molar-refractivity contribution in [2.75, 3.05) is 20.3 Å². The van der Waals surface area contributed by atoms with Gasteiger partial charge >= 0.3 is 0 Å². The lowest BCUT2D eigenvalue weighted by molar-refractivity contribution is 0.0161. The fourth-order valence-corrected chi connectivity index (χ4v) is 3.75. The number of hydrogen-bond donors (Lipinski definition) is 1. The van der Waals surface area contributed by atoms with E-state index in [1.165, 1.54) is 77.0 Å². The van der Waals surface area contributed by atoms with Crippen LogP contribution in [0.5, 0.6) is 0 Å². The molecule has 1 rings (SSSR count). The third kappa shape index (κ3) is 10.7.